The molecule has 1 aromatic carbocycles. The lowest BCUT2D eigenvalue weighted by molar-refractivity contribution is -0.131. The summed E-state index contributed by atoms with van der Waals surface area (Å²) in [5.41, 5.74) is 2.10. The van der Waals surface area contributed by atoms with Gasteiger partial charge >= 0.3 is 0 Å². The van der Waals surface area contributed by atoms with E-state index in [9.17, 15) is 9.90 Å². The van der Waals surface area contributed by atoms with Gasteiger partial charge in [0.1, 0.15) is 0 Å². The number of anilines is 1. The summed E-state index contributed by atoms with van der Waals surface area (Å²) in [7, 11) is 3.97. The molecule has 0 aromatic heterocycles. The van der Waals surface area contributed by atoms with E-state index >= 15 is 0 Å². The van der Waals surface area contributed by atoms with Crippen LogP contribution in [-0.2, 0) is 16.0 Å². The van der Waals surface area contributed by atoms with E-state index in [0.717, 1.165) is 11.3 Å². The molecule has 110 valence electrons. The van der Waals surface area contributed by atoms with Gasteiger partial charge in [0.15, 0.2) is 0 Å². The van der Waals surface area contributed by atoms with E-state index in [1.165, 1.54) is 0 Å². The van der Waals surface area contributed by atoms with Gasteiger partial charge in [0, 0.05) is 32.9 Å². The van der Waals surface area contributed by atoms with Crippen molar-refractivity contribution in [3.05, 3.63) is 29.8 Å². The number of amides is 1. The number of ether oxygens (including phenoxy) is 1. The lowest BCUT2D eigenvalue weighted by atomic mass is 10.1. The summed E-state index contributed by atoms with van der Waals surface area (Å²) in [4.78, 5) is 15.9. The first kappa shape index (κ1) is 14.8. The Kier molecular flexibility index (Phi) is 4.98. The van der Waals surface area contributed by atoms with Gasteiger partial charge in [0.25, 0.3) is 0 Å². The number of nitrogens with zero attached hydrogens (tertiary/aromatic N) is 2. The molecule has 1 N–H and O–H groups in total. The third kappa shape index (κ3) is 3.95. The highest BCUT2D eigenvalue weighted by Crippen LogP contribution is 2.13. The number of β-amino-alcohol motifs (C(OH)–C–C–N with tert-alkyl or cyclic N) is 1. The van der Waals surface area contributed by atoms with E-state index in [2.05, 4.69) is 0 Å². The van der Waals surface area contributed by atoms with E-state index in [1.807, 2.05) is 43.3 Å². The van der Waals surface area contributed by atoms with Gasteiger partial charge in [0.05, 0.1) is 25.7 Å². The van der Waals surface area contributed by atoms with Crippen molar-refractivity contribution in [2.45, 2.75) is 12.5 Å². The fourth-order valence-electron chi connectivity index (χ4n) is 2.22. The maximum atomic E-state index is 12.2. The molecule has 0 bridgehead atoms. The first-order valence-electron chi connectivity index (χ1n) is 6.86. The van der Waals surface area contributed by atoms with Crippen LogP contribution in [-0.4, -0.2) is 62.4 Å². The molecule has 2 rings (SSSR count). The summed E-state index contributed by atoms with van der Waals surface area (Å²) in [5, 5.41) is 9.65. The molecule has 0 unspecified atom stereocenters. The maximum absolute atomic E-state index is 12.2. The van der Waals surface area contributed by atoms with Crippen LogP contribution in [0.4, 0.5) is 5.69 Å². The van der Waals surface area contributed by atoms with Crippen LogP contribution in [0.1, 0.15) is 5.56 Å². The smallest absolute Gasteiger partial charge is 0.227 e. The average molecular weight is 278 g/mol. The molecule has 1 atom stereocenters. The quantitative estimate of drug-likeness (QED) is 0.875. The highest BCUT2D eigenvalue weighted by Gasteiger charge is 2.20. The Balaban J connectivity index is 1.96. The topological polar surface area (TPSA) is 53.0 Å². The first-order chi connectivity index (χ1) is 9.56. The van der Waals surface area contributed by atoms with Crippen molar-refractivity contribution in [2.24, 2.45) is 0 Å². The van der Waals surface area contributed by atoms with Crippen LogP contribution >= 0.6 is 0 Å². The second-order valence-corrected chi connectivity index (χ2v) is 5.31. The summed E-state index contributed by atoms with van der Waals surface area (Å²) in [5.74, 6) is 0.0344. The van der Waals surface area contributed by atoms with E-state index in [0.29, 0.717) is 32.7 Å². The van der Waals surface area contributed by atoms with Gasteiger partial charge in [-0.15, -0.1) is 0 Å². The van der Waals surface area contributed by atoms with Crippen LogP contribution in [0, 0.1) is 0 Å². The van der Waals surface area contributed by atoms with Crippen LogP contribution in [0.15, 0.2) is 24.3 Å². The van der Waals surface area contributed by atoms with Crippen molar-refractivity contribution < 1.29 is 14.6 Å². The molecule has 0 aliphatic carbocycles. The maximum Gasteiger partial charge on any atom is 0.227 e. The molecule has 1 fully saturated rings. The molecule has 1 saturated heterocycles. The molecular formula is C15H22N2O3. The zero-order valence-electron chi connectivity index (χ0n) is 12.1. The van der Waals surface area contributed by atoms with E-state index in [-0.39, 0.29) is 5.91 Å². The fourth-order valence-corrected chi connectivity index (χ4v) is 2.22. The Hall–Kier alpha value is -1.59. The van der Waals surface area contributed by atoms with Gasteiger partial charge in [-0.3, -0.25) is 4.79 Å². The van der Waals surface area contributed by atoms with Crippen molar-refractivity contribution in [3.63, 3.8) is 0 Å². The van der Waals surface area contributed by atoms with E-state index < -0.39 is 6.10 Å². The normalized spacial score (nSPS) is 19.6. The second-order valence-electron chi connectivity index (χ2n) is 5.31. The van der Waals surface area contributed by atoms with Crippen molar-refractivity contribution in [3.8, 4) is 0 Å². The number of hydrogen-bond acceptors (Lipinski definition) is 4. The summed E-state index contributed by atoms with van der Waals surface area (Å²) < 4.78 is 5.23. The van der Waals surface area contributed by atoms with Crippen molar-refractivity contribution >= 4 is 11.6 Å². The van der Waals surface area contributed by atoms with Crippen LogP contribution in [0.2, 0.25) is 0 Å². The minimum Gasteiger partial charge on any atom is -0.389 e. The predicted octanol–water partition coefficient (Wildman–Crippen LogP) is 0.515. The van der Waals surface area contributed by atoms with E-state index in [4.69, 9.17) is 4.74 Å². The standard InChI is InChI=1S/C15H22N2O3/c1-16(2)13-5-3-12(4-6-13)9-15(19)17-7-8-20-11-14(18)10-17/h3-6,14,18H,7-11H2,1-2H3/t14-/m0/s1. The fraction of sp³-hybridized carbons (Fsp3) is 0.533. The first-order valence-corrected chi connectivity index (χ1v) is 6.86. The molecule has 5 nitrogen and oxygen atoms in total. The molecule has 1 heterocycles. The Labute approximate surface area is 119 Å². The van der Waals surface area contributed by atoms with Gasteiger partial charge in [-0.1, -0.05) is 12.1 Å². The van der Waals surface area contributed by atoms with Crippen molar-refractivity contribution in [2.75, 3.05) is 45.3 Å². The number of benzene rings is 1. The van der Waals surface area contributed by atoms with Gasteiger partial charge < -0.3 is 19.6 Å². The molecule has 0 saturated carbocycles. The molecule has 20 heavy (non-hydrogen) atoms. The van der Waals surface area contributed by atoms with Crippen LogP contribution in [0.3, 0.4) is 0 Å². The largest absolute Gasteiger partial charge is 0.389 e. The van der Waals surface area contributed by atoms with Crippen molar-refractivity contribution in [1.29, 1.82) is 0 Å². The summed E-state index contributed by atoms with van der Waals surface area (Å²) in [6, 6.07) is 7.95. The molecule has 1 aliphatic rings. The Morgan fingerprint density at radius 2 is 2.10 bits per heavy atom. The van der Waals surface area contributed by atoms with Crippen LogP contribution < -0.4 is 4.90 Å². The summed E-state index contributed by atoms with van der Waals surface area (Å²) >= 11 is 0. The molecule has 1 amide bonds. The third-order valence-corrected chi connectivity index (χ3v) is 3.41. The van der Waals surface area contributed by atoms with Crippen LogP contribution in [0.5, 0.6) is 0 Å². The number of carbonyl (C=O) groups is 1. The second kappa shape index (κ2) is 6.72. The number of hydrogen-bond donors (Lipinski definition) is 1. The number of rotatable bonds is 3. The SMILES string of the molecule is CN(C)c1ccc(CC(=O)N2CCOC[C@@H](O)C2)cc1. The van der Waals surface area contributed by atoms with Crippen molar-refractivity contribution in [1.82, 2.24) is 4.90 Å². The lowest BCUT2D eigenvalue weighted by Crippen LogP contribution is -2.38. The molecule has 5 heteroatoms. The summed E-state index contributed by atoms with van der Waals surface area (Å²) in [6.07, 6.45) is -0.224. The minimum atomic E-state index is -0.586. The molecular weight excluding hydrogens is 256 g/mol. The van der Waals surface area contributed by atoms with Gasteiger partial charge in [-0.2, -0.15) is 0 Å². The minimum absolute atomic E-state index is 0.0344. The Morgan fingerprint density at radius 3 is 2.75 bits per heavy atom. The zero-order chi connectivity index (χ0) is 14.5. The zero-order valence-corrected chi connectivity index (χ0v) is 12.1. The highest BCUT2D eigenvalue weighted by molar-refractivity contribution is 5.79. The monoisotopic (exact) mass is 278 g/mol. The Morgan fingerprint density at radius 1 is 1.40 bits per heavy atom. The molecule has 1 aromatic rings. The highest BCUT2D eigenvalue weighted by atomic mass is 16.5. The van der Waals surface area contributed by atoms with E-state index in [1.54, 1.807) is 4.90 Å². The number of aliphatic hydroxyl groups excluding tert-OH is 1. The van der Waals surface area contributed by atoms with Gasteiger partial charge in [-0.05, 0) is 17.7 Å². The third-order valence-electron chi connectivity index (χ3n) is 3.41. The average Bonchev–Trinajstić information content (AvgIpc) is 2.64. The molecule has 0 radical (unpaired) electrons. The number of carbonyl (C=O) groups excluding carboxylic acids is 1. The lowest BCUT2D eigenvalue weighted by Gasteiger charge is -2.21. The van der Waals surface area contributed by atoms with Gasteiger partial charge in [-0.25, -0.2) is 0 Å². The van der Waals surface area contributed by atoms with Crippen LogP contribution in [0.25, 0.3) is 0 Å². The Bertz CT molecular complexity index is 445. The molecule has 0 spiro atoms. The molecule has 1 aliphatic heterocycles. The summed E-state index contributed by atoms with van der Waals surface area (Å²) in [6.45, 7) is 1.70. The predicted molar refractivity (Wildman–Crippen MR) is 77.9 cm³/mol. The van der Waals surface area contributed by atoms with Gasteiger partial charge in [0.2, 0.25) is 5.91 Å². The number of aliphatic hydroxyl groups is 1.